The van der Waals surface area contributed by atoms with Crippen molar-refractivity contribution in [2.75, 3.05) is 0 Å². The predicted molar refractivity (Wildman–Crippen MR) is 52.7 cm³/mol. The summed E-state index contributed by atoms with van der Waals surface area (Å²) in [5, 5.41) is 8.70. The highest BCUT2D eigenvalue weighted by molar-refractivity contribution is 6.17. The summed E-state index contributed by atoms with van der Waals surface area (Å²) in [7, 11) is 0. The normalized spacial score (nSPS) is 9.08. The molecule has 0 radical (unpaired) electrons. The molecule has 0 saturated heterocycles. The van der Waals surface area contributed by atoms with E-state index >= 15 is 0 Å². The Kier molecular flexibility index (Phi) is 4.73. The molecule has 3 nitrogen and oxygen atoms in total. The summed E-state index contributed by atoms with van der Waals surface area (Å²) in [6.07, 6.45) is 1.58. The van der Waals surface area contributed by atoms with Crippen LogP contribution in [0.1, 0.15) is 21.6 Å². The van der Waals surface area contributed by atoms with Crippen LogP contribution in [0.3, 0.4) is 0 Å². The Morgan fingerprint density at radius 3 is 2.77 bits per heavy atom. The largest absolute Gasteiger partial charge is 0.478 e. The molecule has 0 aliphatic rings. The van der Waals surface area contributed by atoms with Crippen LogP contribution in [0.25, 0.3) is 0 Å². The first-order chi connectivity index (χ1) is 5.65. The Bertz CT molecular complexity index is 315. The number of carboxylic acids is 1. The molecule has 0 spiro atoms. The van der Waals surface area contributed by atoms with Crippen molar-refractivity contribution < 1.29 is 9.90 Å². The van der Waals surface area contributed by atoms with E-state index in [2.05, 4.69) is 4.98 Å². The predicted octanol–water partition coefficient (Wildman–Crippen LogP) is 2.25. The van der Waals surface area contributed by atoms with Crippen molar-refractivity contribution in [2.45, 2.75) is 12.8 Å². The minimum absolute atomic E-state index is 0. The second-order valence-corrected chi connectivity index (χ2v) is 2.68. The van der Waals surface area contributed by atoms with E-state index in [1.165, 1.54) is 6.07 Å². The van der Waals surface area contributed by atoms with Crippen molar-refractivity contribution in [3.8, 4) is 0 Å². The van der Waals surface area contributed by atoms with Gasteiger partial charge in [-0.3, -0.25) is 4.98 Å². The number of rotatable bonds is 2. The minimum Gasteiger partial charge on any atom is -0.478 e. The molecule has 1 N–H and O–H groups in total. The van der Waals surface area contributed by atoms with Gasteiger partial charge in [0.15, 0.2) is 0 Å². The molecule has 72 valence electrons. The van der Waals surface area contributed by atoms with Crippen LogP contribution in [0.4, 0.5) is 0 Å². The van der Waals surface area contributed by atoms with Gasteiger partial charge >= 0.3 is 5.97 Å². The smallest absolute Gasteiger partial charge is 0.337 e. The van der Waals surface area contributed by atoms with Gasteiger partial charge in [-0.15, -0.1) is 24.0 Å². The number of aromatic nitrogens is 1. The average Bonchev–Trinajstić information content (AvgIpc) is 2.05. The lowest BCUT2D eigenvalue weighted by atomic mass is 10.1. The molecule has 1 aromatic rings. The maximum Gasteiger partial charge on any atom is 0.337 e. The molecule has 0 aliphatic carbocycles. The van der Waals surface area contributed by atoms with Gasteiger partial charge < -0.3 is 5.11 Å². The highest BCUT2D eigenvalue weighted by Crippen LogP contribution is 2.09. The third-order valence-corrected chi connectivity index (χ3v) is 1.84. The monoisotopic (exact) mass is 221 g/mol. The zero-order valence-corrected chi connectivity index (χ0v) is 8.52. The van der Waals surface area contributed by atoms with Crippen LogP contribution in [-0.4, -0.2) is 16.1 Å². The molecule has 1 rings (SSSR count). The molecule has 0 bridgehead atoms. The number of carbonyl (C=O) groups is 1. The number of aromatic carboxylic acids is 1. The molecule has 5 heteroatoms. The molecule has 0 amide bonds. The average molecular weight is 222 g/mol. The molecule has 0 aliphatic heterocycles. The lowest BCUT2D eigenvalue weighted by Crippen LogP contribution is -2.02. The second-order valence-electron chi connectivity index (χ2n) is 2.42. The van der Waals surface area contributed by atoms with Crippen LogP contribution in [0.5, 0.6) is 0 Å². The van der Waals surface area contributed by atoms with E-state index in [9.17, 15) is 4.79 Å². The molecule has 1 heterocycles. The van der Waals surface area contributed by atoms with E-state index in [0.717, 1.165) is 5.56 Å². The fraction of sp³-hybridized carbons (Fsp3) is 0.250. The van der Waals surface area contributed by atoms with E-state index in [1.807, 2.05) is 0 Å². The highest BCUT2D eigenvalue weighted by atomic mass is 35.5. The third-order valence-electron chi connectivity index (χ3n) is 1.53. The van der Waals surface area contributed by atoms with E-state index in [4.69, 9.17) is 16.7 Å². The van der Waals surface area contributed by atoms with Crippen molar-refractivity contribution in [1.82, 2.24) is 4.98 Å². The number of carboxylic acid groups (broad SMARTS) is 1. The lowest BCUT2D eigenvalue weighted by molar-refractivity contribution is 0.0695. The van der Waals surface area contributed by atoms with Gasteiger partial charge in [-0.05, 0) is 18.6 Å². The first-order valence-electron chi connectivity index (χ1n) is 3.40. The lowest BCUT2D eigenvalue weighted by Gasteiger charge is -2.00. The van der Waals surface area contributed by atoms with Gasteiger partial charge in [0.1, 0.15) is 0 Å². The fourth-order valence-corrected chi connectivity index (χ4v) is 1.01. The van der Waals surface area contributed by atoms with Crippen LogP contribution >= 0.6 is 24.0 Å². The van der Waals surface area contributed by atoms with E-state index in [0.29, 0.717) is 5.69 Å². The Hall–Kier alpha value is -0.800. The molecule has 0 fully saturated rings. The van der Waals surface area contributed by atoms with Crippen molar-refractivity contribution in [2.24, 2.45) is 0 Å². The standard InChI is InChI=1S/C8H8ClNO2.ClH/c1-5-7(8(11)12)2-6(3-9)4-10-5;/h2,4H,3H2,1H3,(H,11,12);1H. The fourth-order valence-electron chi connectivity index (χ4n) is 0.866. The molecule has 13 heavy (non-hydrogen) atoms. The van der Waals surface area contributed by atoms with Crippen molar-refractivity contribution in [1.29, 1.82) is 0 Å². The molecular weight excluding hydrogens is 213 g/mol. The Balaban J connectivity index is 0.00000144. The third kappa shape index (κ3) is 2.86. The maximum atomic E-state index is 10.6. The van der Waals surface area contributed by atoms with Crippen LogP contribution in [0.2, 0.25) is 0 Å². The summed E-state index contributed by atoms with van der Waals surface area (Å²) < 4.78 is 0. The van der Waals surface area contributed by atoms with Crippen LogP contribution in [0, 0.1) is 6.92 Å². The Morgan fingerprint density at radius 2 is 2.31 bits per heavy atom. The number of hydrogen-bond acceptors (Lipinski definition) is 2. The zero-order chi connectivity index (χ0) is 9.14. The van der Waals surface area contributed by atoms with Gasteiger partial charge in [0.05, 0.1) is 11.3 Å². The van der Waals surface area contributed by atoms with Gasteiger partial charge in [0, 0.05) is 12.1 Å². The summed E-state index contributed by atoms with van der Waals surface area (Å²) in [6.45, 7) is 1.65. The number of halogens is 2. The summed E-state index contributed by atoms with van der Waals surface area (Å²) in [5.41, 5.74) is 1.45. The van der Waals surface area contributed by atoms with E-state index < -0.39 is 5.97 Å². The molecule has 0 aromatic carbocycles. The SMILES string of the molecule is Cc1ncc(CCl)cc1C(=O)O.Cl. The number of alkyl halides is 1. The number of pyridine rings is 1. The number of hydrogen-bond donors (Lipinski definition) is 1. The van der Waals surface area contributed by atoms with Gasteiger partial charge in [0.25, 0.3) is 0 Å². The van der Waals surface area contributed by atoms with Crippen LogP contribution < -0.4 is 0 Å². The maximum absolute atomic E-state index is 10.6. The molecule has 0 unspecified atom stereocenters. The number of nitrogens with zero attached hydrogens (tertiary/aromatic N) is 1. The van der Waals surface area contributed by atoms with Crippen molar-refractivity contribution in [3.63, 3.8) is 0 Å². The van der Waals surface area contributed by atoms with E-state index in [-0.39, 0.29) is 23.9 Å². The van der Waals surface area contributed by atoms with Gasteiger partial charge in [-0.2, -0.15) is 0 Å². The van der Waals surface area contributed by atoms with Crippen LogP contribution in [0.15, 0.2) is 12.3 Å². The summed E-state index contributed by atoms with van der Waals surface area (Å²) in [4.78, 5) is 14.5. The van der Waals surface area contributed by atoms with Crippen molar-refractivity contribution in [3.05, 3.63) is 29.1 Å². The Morgan fingerprint density at radius 1 is 1.69 bits per heavy atom. The topological polar surface area (TPSA) is 50.2 Å². The first kappa shape index (κ1) is 12.2. The quantitative estimate of drug-likeness (QED) is 0.780. The number of aryl methyl sites for hydroxylation is 1. The molecule has 1 aromatic heterocycles. The Labute approximate surface area is 87.2 Å². The summed E-state index contributed by atoms with van der Waals surface area (Å²) in [5.74, 6) is -0.680. The van der Waals surface area contributed by atoms with Crippen molar-refractivity contribution >= 4 is 30.0 Å². The van der Waals surface area contributed by atoms with E-state index in [1.54, 1.807) is 13.1 Å². The summed E-state index contributed by atoms with van der Waals surface area (Å²) >= 11 is 5.52. The highest BCUT2D eigenvalue weighted by Gasteiger charge is 2.07. The first-order valence-corrected chi connectivity index (χ1v) is 3.93. The van der Waals surface area contributed by atoms with Gasteiger partial charge in [-0.1, -0.05) is 0 Å². The molecular formula is C8H9Cl2NO2. The second kappa shape index (κ2) is 5.04. The van der Waals surface area contributed by atoms with Gasteiger partial charge in [0.2, 0.25) is 0 Å². The van der Waals surface area contributed by atoms with Gasteiger partial charge in [-0.25, -0.2) is 4.79 Å². The summed E-state index contributed by atoms with van der Waals surface area (Å²) in [6, 6.07) is 1.54. The minimum atomic E-state index is -0.966. The van der Waals surface area contributed by atoms with Crippen LogP contribution in [-0.2, 0) is 5.88 Å². The molecule has 0 atom stereocenters. The molecule has 0 saturated carbocycles. The zero-order valence-electron chi connectivity index (χ0n) is 6.95.